The number of carbonyl (C=O) groups is 2. The van der Waals surface area contributed by atoms with E-state index >= 15 is 0 Å². The average molecular weight is 309 g/mol. The Kier molecular flexibility index (Phi) is 3.16. The fraction of sp³-hybridized carbons (Fsp3) is 0.286. The van der Waals surface area contributed by atoms with Gasteiger partial charge in [0.2, 0.25) is 5.60 Å². The molecule has 1 fully saturated rings. The molecule has 2 heterocycles. The fourth-order valence-corrected chi connectivity index (χ4v) is 3.74. The largest absolute Gasteiger partial charge is 0.477 e. The Balaban J connectivity index is 1.86. The number of thioether (sulfide) groups is 1. The number of carboxylic acid groups (broad SMARTS) is 1. The van der Waals surface area contributed by atoms with Gasteiger partial charge in [-0.3, -0.25) is 9.69 Å². The maximum Gasteiger partial charge on any atom is 0.352 e. The zero-order chi connectivity index (χ0) is 15.2. The van der Waals surface area contributed by atoms with Crippen LogP contribution in [0.4, 0.5) is 4.39 Å². The van der Waals surface area contributed by atoms with Crippen LogP contribution in [0, 0.1) is 5.82 Å². The van der Waals surface area contributed by atoms with Crippen molar-refractivity contribution < 1.29 is 23.8 Å². The minimum Gasteiger partial charge on any atom is -0.477 e. The number of amides is 1. The summed E-state index contributed by atoms with van der Waals surface area (Å²) in [6.45, 7) is 1.60. The van der Waals surface area contributed by atoms with E-state index < -0.39 is 28.7 Å². The van der Waals surface area contributed by atoms with Gasteiger partial charge in [0.1, 0.15) is 22.6 Å². The summed E-state index contributed by atoms with van der Waals surface area (Å²) >= 11 is 1.41. The summed E-state index contributed by atoms with van der Waals surface area (Å²) in [5, 5.41) is 8.69. The van der Waals surface area contributed by atoms with Crippen LogP contribution in [0.2, 0.25) is 0 Å². The Morgan fingerprint density at radius 1 is 1.57 bits per heavy atom. The van der Waals surface area contributed by atoms with Gasteiger partial charge in [0, 0.05) is 11.8 Å². The van der Waals surface area contributed by atoms with E-state index in [1.165, 1.54) is 40.9 Å². The first-order valence-electron chi connectivity index (χ1n) is 6.27. The summed E-state index contributed by atoms with van der Waals surface area (Å²) < 4.78 is 18.9. The van der Waals surface area contributed by atoms with E-state index in [0.29, 0.717) is 5.75 Å². The van der Waals surface area contributed by atoms with E-state index in [2.05, 4.69) is 0 Å². The lowest BCUT2D eigenvalue weighted by Crippen LogP contribution is -2.74. The number of benzene rings is 1. The van der Waals surface area contributed by atoms with E-state index in [1.54, 1.807) is 13.0 Å². The lowest BCUT2D eigenvalue weighted by molar-refractivity contribution is -0.170. The van der Waals surface area contributed by atoms with Crippen LogP contribution in [-0.2, 0) is 9.59 Å². The molecule has 2 atom stereocenters. The molecule has 5 nitrogen and oxygen atoms in total. The second-order valence-electron chi connectivity index (χ2n) is 4.92. The molecule has 2 aliphatic rings. The number of rotatable bonds is 3. The highest BCUT2D eigenvalue weighted by atomic mass is 32.2. The molecule has 0 radical (unpaired) electrons. The highest BCUT2D eigenvalue weighted by molar-refractivity contribution is 8.00. The second-order valence-corrected chi connectivity index (χ2v) is 6.04. The standard InChI is InChI=1S/C14H12FNO4S/c1-14(20-9-4-2-3-8(15)7-9)12(19)16-10(11(17)18)5-6-21-13(14)16/h2-5,7,13H,6H2,1H3,(H,17,18)/t13-,14?/m0/s1. The monoisotopic (exact) mass is 309 g/mol. The molecule has 3 rings (SSSR count). The quantitative estimate of drug-likeness (QED) is 0.863. The first-order valence-corrected chi connectivity index (χ1v) is 7.31. The molecule has 110 valence electrons. The van der Waals surface area contributed by atoms with Gasteiger partial charge in [-0.2, -0.15) is 0 Å². The third-order valence-electron chi connectivity index (χ3n) is 3.48. The SMILES string of the molecule is CC1(Oc2cccc(F)c2)C(=O)N2C(C(=O)O)=CCS[C@H]21. The van der Waals surface area contributed by atoms with Crippen LogP contribution < -0.4 is 4.74 Å². The van der Waals surface area contributed by atoms with Crippen molar-refractivity contribution in [2.45, 2.75) is 17.9 Å². The molecule has 1 aromatic carbocycles. The fourth-order valence-electron chi connectivity index (χ4n) is 2.48. The normalized spacial score (nSPS) is 27.5. The van der Waals surface area contributed by atoms with Crippen molar-refractivity contribution in [3.05, 3.63) is 41.9 Å². The van der Waals surface area contributed by atoms with Crippen LogP contribution in [0.5, 0.6) is 5.75 Å². The van der Waals surface area contributed by atoms with Gasteiger partial charge in [-0.15, -0.1) is 11.8 Å². The molecule has 2 aliphatic heterocycles. The van der Waals surface area contributed by atoms with Crippen molar-refractivity contribution in [1.82, 2.24) is 4.90 Å². The molecule has 0 aliphatic carbocycles. The van der Waals surface area contributed by atoms with Gasteiger partial charge in [-0.05, 0) is 25.1 Å². The number of ether oxygens (including phenoxy) is 1. The van der Waals surface area contributed by atoms with Crippen LogP contribution in [0.3, 0.4) is 0 Å². The number of nitrogens with zero attached hydrogens (tertiary/aromatic N) is 1. The first-order chi connectivity index (χ1) is 9.93. The third kappa shape index (κ3) is 2.08. The van der Waals surface area contributed by atoms with Crippen LogP contribution in [0.25, 0.3) is 0 Å². The van der Waals surface area contributed by atoms with Gasteiger partial charge in [0.25, 0.3) is 5.91 Å². The number of carboxylic acids is 1. The molecule has 1 N–H and O–H groups in total. The Labute approximate surface area is 124 Å². The number of halogens is 1. The number of fused-ring (bicyclic) bond motifs is 1. The van der Waals surface area contributed by atoms with E-state index in [0.717, 1.165) is 0 Å². The van der Waals surface area contributed by atoms with Crippen LogP contribution in [0.1, 0.15) is 6.92 Å². The van der Waals surface area contributed by atoms with Crippen molar-refractivity contribution in [2.24, 2.45) is 0 Å². The number of hydrogen-bond acceptors (Lipinski definition) is 4. The first kappa shape index (κ1) is 13.9. The Bertz CT molecular complexity index is 662. The lowest BCUT2D eigenvalue weighted by Gasteiger charge is -2.54. The van der Waals surface area contributed by atoms with Gasteiger partial charge < -0.3 is 9.84 Å². The molecule has 0 saturated carbocycles. The van der Waals surface area contributed by atoms with Crippen molar-refractivity contribution in [3.8, 4) is 5.75 Å². The molecule has 1 saturated heterocycles. The van der Waals surface area contributed by atoms with Crippen molar-refractivity contribution in [1.29, 1.82) is 0 Å². The van der Waals surface area contributed by atoms with Crippen LogP contribution in [0.15, 0.2) is 36.0 Å². The van der Waals surface area contributed by atoms with E-state index in [-0.39, 0.29) is 11.4 Å². The molecule has 7 heteroatoms. The highest BCUT2D eigenvalue weighted by Crippen LogP contribution is 2.46. The summed E-state index contributed by atoms with van der Waals surface area (Å²) in [4.78, 5) is 24.7. The summed E-state index contributed by atoms with van der Waals surface area (Å²) in [6.07, 6.45) is 1.50. The van der Waals surface area contributed by atoms with Gasteiger partial charge in [-0.25, -0.2) is 9.18 Å². The van der Waals surface area contributed by atoms with Gasteiger partial charge in [0.05, 0.1) is 0 Å². The molecule has 0 spiro atoms. The Morgan fingerprint density at radius 2 is 2.33 bits per heavy atom. The van der Waals surface area contributed by atoms with E-state index in [4.69, 9.17) is 9.84 Å². The number of hydrogen-bond donors (Lipinski definition) is 1. The summed E-state index contributed by atoms with van der Waals surface area (Å²) in [6, 6.07) is 5.53. The maximum absolute atomic E-state index is 13.2. The third-order valence-corrected chi connectivity index (χ3v) is 4.82. The minimum absolute atomic E-state index is 0.0240. The molecule has 1 amide bonds. The average Bonchev–Trinajstić information content (AvgIpc) is 2.46. The predicted octanol–water partition coefficient (Wildman–Crippen LogP) is 1.85. The molecular formula is C14H12FNO4S. The van der Waals surface area contributed by atoms with E-state index in [1.807, 2.05) is 0 Å². The Hall–Kier alpha value is -2.02. The zero-order valence-corrected chi connectivity index (χ0v) is 11.9. The summed E-state index contributed by atoms with van der Waals surface area (Å²) in [7, 11) is 0. The maximum atomic E-state index is 13.2. The topological polar surface area (TPSA) is 66.8 Å². The predicted molar refractivity (Wildman–Crippen MR) is 74.2 cm³/mol. The van der Waals surface area contributed by atoms with Gasteiger partial charge in [0.15, 0.2) is 0 Å². The van der Waals surface area contributed by atoms with Crippen molar-refractivity contribution >= 4 is 23.6 Å². The second kappa shape index (κ2) is 4.77. The summed E-state index contributed by atoms with van der Waals surface area (Å²) in [5.41, 5.74) is -1.21. The molecule has 0 bridgehead atoms. The summed E-state index contributed by atoms with van der Waals surface area (Å²) in [5.74, 6) is -1.29. The number of aliphatic carboxylic acids is 1. The molecule has 21 heavy (non-hydrogen) atoms. The molecule has 1 aromatic rings. The van der Waals surface area contributed by atoms with Crippen LogP contribution in [-0.4, -0.2) is 38.6 Å². The van der Waals surface area contributed by atoms with Crippen molar-refractivity contribution in [2.75, 3.05) is 5.75 Å². The zero-order valence-electron chi connectivity index (χ0n) is 11.1. The minimum atomic E-state index is -1.19. The highest BCUT2D eigenvalue weighted by Gasteiger charge is 2.63. The molecular weight excluding hydrogens is 297 g/mol. The van der Waals surface area contributed by atoms with Gasteiger partial charge in [-0.1, -0.05) is 6.07 Å². The number of β-lactam (4-membered cyclic amide) rings is 1. The lowest BCUT2D eigenvalue weighted by atomic mass is 9.92. The smallest absolute Gasteiger partial charge is 0.352 e. The number of carbonyl (C=O) groups excluding carboxylic acids is 1. The molecule has 0 aromatic heterocycles. The Morgan fingerprint density at radius 3 is 3.00 bits per heavy atom. The molecule has 1 unspecified atom stereocenters. The van der Waals surface area contributed by atoms with E-state index in [9.17, 15) is 14.0 Å². The van der Waals surface area contributed by atoms with Gasteiger partial charge >= 0.3 is 5.97 Å². The van der Waals surface area contributed by atoms with Crippen LogP contribution >= 0.6 is 11.8 Å². The van der Waals surface area contributed by atoms with Crippen molar-refractivity contribution in [3.63, 3.8) is 0 Å².